The Morgan fingerprint density at radius 3 is 2.34 bits per heavy atom. The summed E-state index contributed by atoms with van der Waals surface area (Å²) in [6.07, 6.45) is 8.56. The Balaban J connectivity index is 1.69. The summed E-state index contributed by atoms with van der Waals surface area (Å²) in [5.74, 6) is -1.54. The molecule has 6 nitrogen and oxygen atoms in total. The fourth-order valence-corrected chi connectivity index (χ4v) is 9.92. The molecule has 0 saturated heterocycles. The summed E-state index contributed by atoms with van der Waals surface area (Å²) in [7, 11) is 0. The van der Waals surface area contributed by atoms with Gasteiger partial charge in [0, 0.05) is 18.3 Å². The van der Waals surface area contributed by atoms with Crippen LogP contribution in [0.5, 0.6) is 0 Å². The molecular weight excluding hydrogens is 480 g/mol. The first kappa shape index (κ1) is 29.3. The summed E-state index contributed by atoms with van der Waals surface area (Å²) in [6, 6.07) is 0. The monoisotopic (exact) mass is 530 g/mol. The van der Waals surface area contributed by atoms with Gasteiger partial charge in [-0.15, -0.1) is 0 Å². The largest absolute Gasteiger partial charge is 0.481 e. The molecule has 2 fully saturated rings. The van der Waals surface area contributed by atoms with Crippen LogP contribution in [-0.2, 0) is 14.3 Å². The molecule has 0 aromatic carbocycles. The molecule has 0 aromatic heterocycles. The van der Waals surface area contributed by atoms with E-state index in [0.29, 0.717) is 25.2 Å². The second-order valence-corrected chi connectivity index (χ2v) is 14.2. The van der Waals surface area contributed by atoms with Crippen molar-refractivity contribution in [2.24, 2.45) is 39.4 Å². The molecule has 38 heavy (non-hydrogen) atoms. The Bertz CT molecular complexity index is 1020. The lowest BCUT2D eigenvalue weighted by Crippen LogP contribution is -2.56. The van der Waals surface area contributed by atoms with Crippen LogP contribution >= 0.6 is 0 Å². The first-order chi connectivity index (χ1) is 17.6. The molecule has 0 bridgehead atoms. The van der Waals surface area contributed by atoms with Crippen molar-refractivity contribution >= 4 is 11.9 Å². The van der Waals surface area contributed by atoms with E-state index in [2.05, 4.69) is 34.6 Å². The van der Waals surface area contributed by atoms with Gasteiger partial charge in [0.1, 0.15) is 6.10 Å². The molecule has 4 aliphatic rings. The molecule has 2 saturated carbocycles. The molecule has 4 aliphatic carbocycles. The van der Waals surface area contributed by atoms with E-state index in [1.54, 1.807) is 5.57 Å². The fraction of sp³-hybridized carbons (Fsp3) is 0.812. The van der Waals surface area contributed by atoms with Gasteiger partial charge in [-0.25, -0.2) is 0 Å². The Morgan fingerprint density at radius 1 is 1.05 bits per heavy atom. The van der Waals surface area contributed by atoms with Crippen LogP contribution in [0, 0.1) is 39.4 Å². The van der Waals surface area contributed by atoms with Crippen molar-refractivity contribution in [3.8, 4) is 0 Å². The summed E-state index contributed by atoms with van der Waals surface area (Å²) < 4.78 is 5.81. The smallest absolute Gasteiger partial charge is 0.306 e. The highest BCUT2D eigenvalue weighted by Crippen LogP contribution is 2.72. The van der Waals surface area contributed by atoms with E-state index >= 15 is 0 Å². The topological polar surface area (TPSA) is 104 Å². The molecule has 0 aliphatic heterocycles. The van der Waals surface area contributed by atoms with Crippen LogP contribution in [0.1, 0.15) is 106 Å². The van der Waals surface area contributed by atoms with E-state index in [1.165, 1.54) is 12.5 Å². The van der Waals surface area contributed by atoms with Gasteiger partial charge in [-0.05, 0) is 86.9 Å². The number of esters is 1. The Labute approximate surface area is 228 Å². The van der Waals surface area contributed by atoms with Gasteiger partial charge in [0.2, 0.25) is 0 Å². The van der Waals surface area contributed by atoms with E-state index in [4.69, 9.17) is 4.74 Å². The summed E-state index contributed by atoms with van der Waals surface area (Å²) in [6.45, 7) is 14.8. The number of ether oxygens (including phenoxy) is 1. The van der Waals surface area contributed by atoms with Gasteiger partial charge in [0.25, 0.3) is 0 Å². The number of hydrogen-bond acceptors (Lipinski definition) is 5. The lowest BCUT2D eigenvalue weighted by Gasteiger charge is -2.62. The minimum absolute atomic E-state index is 0.0191. The minimum Gasteiger partial charge on any atom is -0.481 e. The lowest BCUT2D eigenvalue weighted by molar-refractivity contribution is -0.167. The van der Waals surface area contributed by atoms with Crippen LogP contribution in [0.4, 0.5) is 0 Å². The lowest BCUT2D eigenvalue weighted by atomic mass is 9.43. The van der Waals surface area contributed by atoms with Crippen LogP contribution in [0.2, 0.25) is 0 Å². The zero-order valence-electron chi connectivity index (χ0n) is 24.6. The predicted octanol–water partition coefficient (Wildman–Crippen LogP) is 6.06. The predicted molar refractivity (Wildman–Crippen MR) is 147 cm³/mol. The van der Waals surface area contributed by atoms with Gasteiger partial charge in [-0.1, -0.05) is 57.4 Å². The molecule has 214 valence electrons. The number of carboxylic acid groups (broad SMARTS) is 1. The highest BCUT2D eigenvalue weighted by Gasteiger charge is 2.66. The highest BCUT2D eigenvalue weighted by atomic mass is 16.5. The third kappa shape index (κ3) is 4.38. The average molecular weight is 531 g/mol. The quantitative estimate of drug-likeness (QED) is 0.273. The number of aliphatic carboxylic acids is 1. The summed E-state index contributed by atoms with van der Waals surface area (Å²) in [5, 5.41) is 31.2. The van der Waals surface area contributed by atoms with Gasteiger partial charge < -0.3 is 20.1 Å². The van der Waals surface area contributed by atoms with Gasteiger partial charge >= 0.3 is 11.9 Å². The second kappa shape index (κ2) is 10.1. The first-order valence-electron chi connectivity index (χ1n) is 14.7. The van der Waals surface area contributed by atoms with Gasteiger partial charge in [-0.3, -0.25) is 9.59 Å². The Morgan fingerprint density at radius 2 is 1.74 bits per heavy atom. The normalized spacial score (nSPS) is 41.1. The maximum Gasteiger partial charge on any atom is 0.306 e. The molecular formula is C32H50O6. The fourth-order valence-electron chi connectivity index (χ4n) is 9.92. The maximum absolute atomic E-state index is 12.6. The Hall–Kier alpha value is -1.66. The van der Waals surface area contributed by atoms with Crippen molar-refractivity contribution < 1.29 is 29.6 Å². The van der Waals surface area contributed by atoms with Gasteiger partial charge in [-0.2, -0.15) is 0 Å². The van der Waals surface area contributed by atoms with Crippen LogP contribution in [0.3, 0.4) is 0 Å². The van der Waals surface area contributed by atoms with Gasteiger partial charge in [0.05, 0.1) is 18.6 Å². The number of aliphatic hydroxyl groups excluding tert-OH is 2. The summed E-state index contributed by atoms with van der Waals surface area (Å²) in [4.78, 5) is 24.4. The van der Waals surface area contributed by atoms with Crippen LogP contribution in [-0.4, -0.2) is 46.1 Å². The molecule has 0 heterocycles. The molecule has 8 atom stereocenters. The third-order valence-electron chi connectivity index (χ3n) is 12.0. The van der Waals surface area contributed by atoms with Crippen LogP contribution < -0.4 is 0 Å². The van der Waals surface area contributed by atoms with Crippen molar-refractivity contribution in [3.63, 3.8) is 0 Å². The molecule has 0 unspecified atom stereocenters. The van der Waals surface area contributed by atoms with E-state index in [9.17, 15) is 24.9 Å². The number of hydrogen-bond donors (Lipinski definition) is 3. The second-order valence-electron chi connectivity index (χ2n) is 14.2. The van der Waals surface area contributed by atoms with E-state index in [-0.39, 0.29) is 46.3 Å². The molecule has 0 radical (unpaired) electrons. The van der Waals surface area contributed by atoms with Crippen molar-refractivity contribution in [1.82, 2.24) is 0 Å². The summed E-state index contributed by atoms with van der Waals surface area (Å²) in [5.41, 5.74) is 3.25. The third-order valence-corrected chi connectivity index (χ3v) is 12.0. The van der Waals surface area contributed by atoms with Crippen molar-refractivity contribution in [2.75, 3.05) is 6.61 Å². The molecule has 4 rings (SSSR count). The number of rotatable bonds is 7. The molecule has 0 spiro atoms. The zero-order valence-corrected chi connectivity index (χ0v) is 24.6. The number of carbonyl (C=O) groups is 2. The number of carboxylic acids is 1. The Kier molecular flexibility index (Phi) is 7.77. The SMILES string of the molecule is CC(=O)O[C@H]1CC[C@]2(C)C3=C(CC[C@H]2C1(C)C)[C@]1(C)C[C@@H](O)[C@H]([C@@H](CC/C=C(\C)CO)C(=O)O)[C@@]1(C)CC3. The average Bonchev–Trinajstić information content (AvgIpc) is 3.03. The van der Waals surface area contributed by atoms with Crippen molar-refractivity contribution in [3.05, 3.63) is 22.8 Å². The number of fused-ring (bicyclic) bond motifs is 4. The van der Waals surface area contributed by atoms with Crippen LogP contribution in [0.15, 0.2) is 22.8 Å². The van der Waals surface area contributed by atoms with Gasteiger partial charge in [0.15, 0.2) is 0 Å². The summed E-state index contributed by atoms with van der Waals surface area (Å²) >= 11 is 0. The molecule has 0 amide bonds. The van der Waals surface area contributed by atoms with Crippen molar-refractivity contribution in [1.29, 1.82) is 0 Å². The minimum atomic E-state index is -0.824. The van der Waals surface area contributed by atoms with E-state index in [0.717, 1.165) is 44.1 Å². The van der Waals surface area contributed by atoms with Crippen LogP contribution in [0.25, 0.3) is 0 Å². The number of aliphatic hydroxyl groups is 2. The molecule has 3 N–H and O–H groups in total. The number of carbonyl (C=O) groups excluding carboxylic acids is 1. The zero-order chi connectivity index (χ0) is 28.3. The standard InChI is InChI=1S/C32H50O6/c1-19(18-33)9-8-10-21(28(36)37)27-24(35)17-32(7)23-11-12-25-29(3,4)26(38-20(2)34)14-15-30(25,5)22(23)13-16-31(27,32)6/h9,21,24-27,33,35H,8,10-18H2,1-7H3,(H,36,37)/b19-9+/t21-,24-,25+,26+,27+,30-,31-,32+/m1/s1. The highest BCUT2D eigenvalue weighted by molar-refractivity contribution is 5.71. The number of allylic oxidation sites excluding steroid dienone is 3. The van der Waals surface area contributed by atoms with E-state index < -0.39 is 18.0 Å². The first-order valence-corrected chi connectivity index (χ1v) is 14.7. The van der Waals surface area contributed by atoms with E-state index in [1.807, 2.05) is 13.0 Å². The maximum atomic E-state index is 12.6. The van der Waals surface area contributed by atoms with Crippen molar-refractivity contribution in [2.45, 2.75) is 118 Å². The molecule has 6 heteroatoms. The molecule has 0 aromatic rings.